The van der Waals surface area contributed by atoms with Crippen molar-refractivity contribution >= 4 is 0 Å². The second-order valence-corrected chi connectivity index (χ2v) is 5.59. The van der Waals surface area contributed by atoms with Crippen LogP contribution in [-0.2, 0) is 12.4 Å². The average molecular weight is 384 g/mol. The molecule has 0 aromatic heterocycles. The van der Waals surface area contributed by atoms with Gasteiger partial charge in [0.05, 0.1) is 11.1 Å². The average Bonchev–Trinajstić information content (AvgIpc) is 2.50. The lowest BCUT2D eigenvalue weighted by molar-refractivity contribution is -0.138. The molecule has 0 heterocycles. The first-order chi connectivity index (χ1) is 11.8. The van der Waals surface area contributed by atoms with Crippen LogP contribution in [0.4, 0.5) is 35.1 Å². The SMILES string of the molecule is NC(c1cc(F)cc(C(F)(F)F)c1)C(N)c1cc(F)cc(C(F)(F)F)c1. The fraction of sp³-hybridized carbons (Fsp3) is 0.250. The Kier molecular flexibility index (Phi) is 5.29. The molecule has 0 aliphatic rings. The normalized spacial score (nSPS) is 15.0. The molecule has 0 amide bonds. The quantitative estimate of drug-likeness (QED) is 0.754. The molecule has 2 aromatic carbocycles. The molecule has 2 aromatic rings. The van der Waals surface area contributed by atoms with Crippen molar-refractivity contribution in [1.29, 1.82) is 0 Å². The van der Waals surface area contributed by atoms with Gasteiger partial charge in [-0.05, 0) is 47.5 Å². The van der Waals surface area contributed by atoms with Gasteiger partial charge in [-0.1, -0.05) is 0 Å². The van der Waals surface area contributed by atoms with Crippen molar-refractivity contribution in [1.82, 2.24) is 0 Å². The van der Waals surface area contributed by atoms with E-state index in [9.17, 15) is 35.1 Å². The number of nitrogens with two attached hydrogens (primary N) is 2. The first kappa shape index (κ1) is 20.1. The lowest BCUT2D eigenvalue weighted by Crippen LogP contribution is -2.27. The van der Waals surface area contributed by atoms with Crippen molar-refractivity contribution in [3.05, 3.63) is 70.3 Å². The summed E-state index contributed by atoms with van der Waals surface area (Å²) in [4.78, 5) is 0. The molecule has 2 nitrogen and oxygen atoms in total. The third kappa shape index (κ3) is 4.50. The fourth-order valence-corrected chi connectivity index (χ4v) is 2.35. The number of hydrogen-bond donors (Lipinski definition) is 2. The Morgan fingerprint density at radius 2 is 0.885 bits per heavy atom. The van der Waals surface area contributed by atoms with Crippen LogP contribution in [0.2, 0.25) is 0 Å². The molecule has 0 radical (unpaired) electrons. The third-order valence-electron chi connectivity index (χ3n) is 3.65. The molecule has 2 rings (SSSR count). The highest BCUT2D eigenvalue weighted by molar-refractivity contribution is 5.34. The maximum absolute atomic E-state index is 13.5. The van der Waals surface area contributed by atoms with Gasteiger partial charge in [-0.3, -0.25) is 0 Å². The summed E-state index contributed by atoms with van der Waals surface area (Å²) in [6, 6.07) is -0.0793. The van der Waals surface area contributed by atoms with E-state index in [0.29, 0.717) is 24.3 Å². The molecule has 0 bridgehead atoms. The minimum absolute atomic E-state index is 0.242. The summed E-state index contributed by atoms with van der Waals surface area (Å²) in [5.41, 5.74) is 7.97. The van der Waals surface area contributed by atoms with Crippen LogP contribution >= 0.6 is 0 Å². The number of hydrogen-bond acceptors (Lipinski definition) is 2. The van der Waals surface area contributed by atoms with Gasteiger partial charge in [-0.15, -0.1) is 0 Å². The fourth-order valence-electron chi connectivity index (χ4n) is 2.35. The van der Waals surface area contributed by atoms with E-state index in [0.717, 1.165) is 0 Å². The van der Waals surface area contributed by atoms with Crippen LogP contribution in [0.1, 0.15) is 34.3 Å². The zero-order valence-electron chi connectivity index (χ0n) is 12.8. The molecule has 0 aliphatic carbocycles. The zero-order chi connectivity index (χ0) is 19.9. The summed E-state index contributed by atoms with van der Waals surface area (Å²) in [5.74, 6) is -2.49. The van der Waals surface area contributed by atoms with Gasteiger partial charge in [0.1, 0.15) is 11.6 Å². The van der Waals surface area contributed by atoms with E-state index < -0.39 is 47.2 Å². The minimum Gasteiger partial charge on any atom is -0.322 e. The highest BCUT2D eigenvalue weighted by atomic mass is 19.4. The second kappa shape index (κ2) is 6.84. The molecular formula is C16H12F8N2. The standard InChI is InChI=1S/C16H12F8N2/c17-11-3-7(1-9(5-11)15(19,20)21)13(25)14(26)8-2-10(16(22,23)24)6-12(18)4-8/h1-6,13-14H,25-26H2. The van der Waals surface area contributed by atoms with E-state index in [4.69, 9.17) is 11.5 Å². The summed E-state index contributed by atoms with van der Waals surface area (Å²) in [6.07, 6.45) is -9.72. The van der Waals surface area contributed by atoms with E-state index in [2.05, 4.69) is 0 Å². The maximum atomic E-state index is 13.5. The maximum Gasteiger partial charge on any atom is 0.416 e. The van der Waals surface area contributed by atoms with Gasteiger partial charge < -0.3 is 11.5 Å². The van der Waals surface area contributed by atoms with Crippen molar-refractivity contribution in [3.8, 4) is 0 Å². The highest BCUT2D eigenvalue weighted by Gasteiger charge is 2.34. The topological polar surface area (TPSA) is 52.0 Å². The predicted octanol–water partition coefficient (Wildman–Crippen LogP) is 4.70. The Labute approximate surface area is 142 Å². The Hall–Kier alpha value is -2.20. The van der Waals surface area contributed by atoms with Crippen LogP contribution in [0, 0.1) is 11.6 Å². The van der Waals surface area contributed by atoms with Crippen LogP contribution < -0.4 is 11.5 Å². The Bertz CT molecular complexity index is 730. The minimum atomic E-state index is -4.86. The highest BCUT2D eigenvalue weighted by Crippen LogP contribution is 2.35. The van der Waals surface area contributed by atoms with Crippen LogP contribution in [0.15, 0.2) is 36.4 Å². The molecule has 0 fully saturated rings. The number of alkyl halides is 6. The van der Waals surface area contributed by atoms with Gasteiger partial charge in [0.2, 0.25) is 0 Å². The van der Waals surface area contributed by atoms with E-state index in [1.54, 1.807) is 0 Å². The third-order valence-corrected chi connectivity index (χ3v) is 3.65. The molecule has 142 valence electrons. The first-order valence-electron chi connectivity index (χ1n) is 7.05. The number of halogens is 8. The van der Waals surface area contributed by atoms with Gasteiger partial charge in [-0.25, -0.2) is 8.78 Å². The molecule has 0 saturated heterocycles. The van der Waals surface area contributed by atoms with Crippen molar-refractivity contribution in [2.45, 2.75) is 24.4 Å². The molecule has 4 N–H and O–H groups in total. The van der Waals surface area contributed by atoms with Gasteiger partial charge in [0.25, 0.3) is 0 Å². The molecule has 2 atom stereocenters. The molecular weight excluding hydrogens is 372 g/mol. The van der Waals surface area contributed by atoms with Gasteiger partial charge >= 0.3 is 12.4 Å². The van der Waals surface area contributed by atoms with E-state index in [1.165, 1.54) is 0 Å². The van der Waals surface area contributed by atoms with Crippen LogP contribution in [0.25, 0.3) is 0 Å². The Morgan fingerprint density at radius 3 is 1.15 bits per heavy atom. The molecule has 2 unspecified atom stereocenters. The molecule has 10 heteroatoms. The van der Waals surface area contributed by atoms with Crippen LogP contribution in [-0.4, -0.2) is 0 Å². The monoisotopic (exact) mass is 384 g/mol. The van der Waals surface area contributed by atoms with Gasteiger partial charge in [0, 0.05) is 12.1 Å². The molecule has 0 aliphatic heterocycles. The van der Waals surface area contributed by atoms with Crippen LogP contribution in [0.5, 0.6) is 0 Å². The summed E-state index contributed by atoms with van der Waals surface area (Å²) in [7, 11) is 0. The summed E-state index contributed by atoms with van der Waals surface area (Å²) >= 11 is 0. The smallest absolute Gasteiger partial charge is 0.322 e. The lowest BCUT2D eigenvalue weighted by atomic mass is 9.92. The molecule has 26 heavy (non-hydrogen) atoms. The second-order valence-electron chi connectivity index (χ2n) is 5.59. The van der Waals surface area contributed by atoms with Crippen molar-refractivity contribution < 1.29 is 35.1 Å². The Balaban J connectivity index is 2.43. The molecule has 0 saturated carbocycles. The van der Waals surface area contributed by atoms with E-state index in [-0.39, 0.29) is 23.3 Å². The first-order valence-corrected chi connectivity index (χ1v) is 7.05. The van der Waals surface area contributed by atoms with Gasteiger partial charge in [-0.2, -0.15) is 26.3 Å². The number of benzene rings is 2. The van der Waals surface area contributed by atoms with Crippen molar-refractivity contribution in [2.24, 2.45) is 11.5 Å². The number of rotatable bonds is 3. The van der Waals surface area contributed by atoms with Crippen molar-refractivity contribution in [2.75, 3.05) is 0 Å². The largest absolute Gasteiger partial charge is 0.416 e. The Morgan fingerprint density at radius 1 is 0.577 bits per heavy atom. The van der Waals surface area contributed by atoms with Crippen molar-refractivity contribution in [3.63, 3.8) is 0 Å². The summed E-state index contributed by atoms with van der Waals surface area (Å²) in [6.45, 7) is 0. The van der Waals surface area contributed by atoms with E-state index >= 15 is 0 Å². The van der Waals surface area contributed by atoms with Crippen LogP contribution in [0.3, 0.4) is 0 Å². The lowest BCUT2D eigenvalue weighted by Gasteiger charge is -2.23. The predicted molar refractivity (Wildman–Crippen MR) is 76.7 cm³/mol. The molecule has 0 spiro atoms. The van der Waals surface area contributed by atoms with Gasteiger partial charge in [0.15, 0.2) is 0 Å². The summed E-state index contributed by atoms with van der Waals surface area (Å²) in [5, 5.41) is 0. The zero-order valence-corrected chi connectivity index (χ0v) is 12.8. The summed E-state index contributed by atoms with van der Waals surface area (Å²) < 4.78 is 103. The van der Waals surface area contributed by atoms with E-state index in [1.807, 2.05) is 0 Å².